The maximum atomic E-state index is 12.5. The molecule has 0 aliphatic carbocycles. The number of ketones is 1. The number of quaternary nitrogens is 1. The number of benzene rings is 1. The SMILES string of the molecule is O=C(C[NH+]1CCCC[C@H]1c1cccnc1)c1ccccc1. The largest absolute Gasteiger partial charge is 0.322 e. The molecule has 1 aromatic heterocycles. The van der Waals surface area contributed by atoms with E-state index < -0.39 is 0 Å². The second-order valence-corrected chi connectivity index (χ2v) is 5.71. The number of nitrogens with one attached hydrogen (secondary N) is 1. The van der Waals surface area contributed by atoms with Crippen LogP contribution in [0.15, 0.2) is 54.9 Å². The first kappa shape index (κ1) is 14.0. The van der Waals surface area contributed by atoms with Crippen LogP contribution < -0.4 is 4.90 Å². The van der Waals surface area contributed by atoms with Gasteiger partial charge in [-0.25, -0.2) is 0 Å². The van der Waals surface area contributed by atoms with Crippen LogP contribution in [0.5, 0.6) is 0 Å². The van der Waals surface area contributed by atoms with Crippen LogP contribution in [0.3, 0.4) is 0 Å². The van der Waals surface area contributed by atoms with Crippen molar-refractivity contribution in [2.45, 2.75) is 25.3 Å². The van der Waals surface area contributed by atoms with Crippen LogP contribution in [0.1, 0.15) is 41.2 Å². The van der Waals surface area contributed by atoms with Crippen molar-refractivity contribution in [1.29, 1.82) is 0 Å². The van der Waals surface area contributed by atoms with E-state index in [4.69, 9.17) is 0 Å². The van der Waals surface area contributed by atoms with Crippen molar-refractivity contribution in [3.8, 4) is 0 Å². The number of Topliss-reactive ketones (excluding diaryl/α,β-unsaturated/α-hetero) is 1. The second kappa shape index (κ2) is 6.64. The number of carbonyl (C=O) groups is 1. The molecule has 2 heterocycles. The fourth-order valence-corrected chi connectivity index (χ4v) is 3.21. The van der Waals surface area contributed by atoms with Crippen LogP contribution in [0, 0.1) is 0 Å². The van der Waals surface area contributed by atoms with Gasteiger partial charge in [0, 0.05) is 29.9 Å². The van der Waals surface area contributed by atoms with Gasteiger partial charge >= 0.3 is 0 Å². The van der Waals surface area contributed by atoms with Gasteiger partial charge in [0.1, 0.15) is 12.6 Å². The highest BCUT2D eigenvalue weighted by molar-refractivity contribution is 5.96. The minimum Gasteiger partial charge on any atom is -0.322 e. The van der Waals surface area contributed by atoms with Gasteiger partial charge in [0.2, 0.25) is 5.78 Å². The van der Waals surface area contributed by atoms with Gasteiger partial charge in [-0.2, -0.15) is 0 Å². The molecule has 1 aromatic carbocycles. The lowest BCUT2D eigenvalue weighted by Gasteiger charge is -2.32. The van der Waals surface area contributed by atoms with Crippen molar-refractivity contribution < 1.29 is 9.69 Å². The molecule has 1 saturated heterocycles. The first-order valence-corrected chi connectivity index (χ1v) is 7.67. The van der Waals surface area contributed by atoms with Gasteiger partial charge in [-0.05, 0) is 18.9 Å². The number of piperidine rings is 1. The number of hydrogen-bond donors (Lipinski definition) is 1. The van der Waals surface area contributed by atoms with Crippen LogP contribution in [-0.2, 0) is 0 Å². The Hall–Kier alpha value is -2.00. The Kier molecular flexibility index (Phi) is 4.41. The minimum atomic E-state index is 0.237. The van der Waals surface area contributed by atoms with Gasteiger partial charge in [-0.1, -0.05) is 36.4 Å². The summed E-state index contributed by atoms with van der Waals surface area (Å²) < 4.78 is 0. The number of carbonyl (C=O) groups excluding carboxylic acids is 1. The van der Waals surface area contributed by atoms with Crippen molar-refractivity contribution in [1.82, 2.24) is 4.98 Å². The predicted octanol–water partition coefficient (Wildman–Crippen LogP) is 2.07. The van der Waals surface area contributed by atoms with E-state index in [0.29, 0.717) is 12.6 Å². The maximum Gasteiger partial charge on any atom is 0.216 e. The molecule has 1 unspecified atom stereocenters. The Morgan fingerprint density at radius 3 is 2.76 bits per heavy atom. The number of pyridine rings is 1. The van der Waals surface area contributed by atoms with E-state index in [1.165, 1.54) is 23.3 Å². The number of rotatable bonds is 4. The Morgan fingerprint density at radius 2 is 2.00 bits per heavy atom. The smallest absolute Gasteiger partial charge is 0.216 e. The molecule has 3 nitrogen and oxygen atoms in total. The number of likely N-dealkylation sites (tertiary alicyclic amines) is 1. The molecule has 3 rings (SSSR count). The van der Waals surface area contributed by atoms with E-state index in [-0.39, 0.29) is 5.78 Å². The summed E-state index contributed by atoms with van der Waals surface area (Å²) >= 11 is 0. The molecule has 0 radical (unpaired) electrons. The fourth-order valence-electron chi connectivity index (χ4n) is 3.21. The monoisotopic (exact) mass is 281 g/mol. The molecule has 108 valence electrons. The third kappa shape index (κ3) is 3.37. The van der Waals surface area contributed by atoms with Crippen LogP contribution in [0.2, 0.25) is 0 Å². The summed E-state index contributed by atoms with van der Waals surface area (Å²) in [5.74, 6) is 0.237. The molecular formula is C18H21N2O+. The van der Waals surface area contributed by atoms with E-state index in [2.05, 4.69) is 11.1 Å². The van der Waals surface area contributed by atoms with Crippen molar-refractivity contribution in [3.05, 3.63) is 66.0 Å². The highest BCUT2D eigenvalue weighted by Crippen LogP contribution is 2.18. The summed E-state index contributed by atoms with van der Waals surface area (Å²) in [6.45, 7) is 1.64. The molecule has 0 amide bonds. The maximum absolute atomic E-state index is 12.5. The summed E-state index contributed by atoms with van der Waals surface area (Å²) in [4.78, 5) is 18.1. The van der Waals surface area contributed by atoms with Gasteiger partial charge in [-0.15, -0.1) is 0 Å². The Bertz CT molecular complexity index is 583. The second-order valence-electron chi connectivity index (χ2n) is 5.71. The lowest BCUT2D eigenvalue weighted by molar-refractivity contribution is -0.929. The van der Waals surface area contributed by atoms with Gasteiger partial charge in [0.25, 0.3) is 0 Å². The Morgan fingerprint density at radius 1 is 1.14 bits per heavy atom. The lowest BCUT2D eigenvalue weighted by atomic mass is 9.95. The molecule has 21 heavy (non-hydrogen) atoms. The Labute approximate surface area is 125 Å². The summed E-state index contributed by atoms with van der Waals surface area (Å²) in [6, 6.07) is 14.1. The molecule has 2 aromatic rings. The molecule has 1 aliphatic heterocycles. The zero-order valence-corrected chi connectivity index (χ0v) is 12.2. The molecule has 0 bridgehead atoms. The molecule has 0 spiro atoms. The van der Waals surface area contributed by atoms with E-state index in [1.54, 1.807) is 6.20 Å². The van der Waals surface area contributed by atoms with Crippen LogP contribution in [0.25, 0.3) is 0 Å². The molecule has 1 aliphatic rings. The molecule has 0 saturated carbocycles. The van der Waals surface area contributed by atoms with Gasteiger partial charge in [0.05, 0.1) is 6.54 Å². The van der Waals surface area contributed by atoms with E-state index in [0.717, 1.165) is 18.5 Å². The van der Waals surface area contributed by atoms with Crippen molar-refractivity contribution in [3.63, 3.8) is 0 Å². The number of hydrogen-bond acceptors (Lipinski definition) is 2. The van der Waals surface area contributed by atoms with Gasteiger partial charge < -0.3 is 4.90 Å². The van der Waals surface area contributed by atoms with Crippen LogP contribution in [0.4, 0.5) is 0 Å². The molecule has 1 fully saturated rings. The zero-order valence-electron chi connectivity index (χ0n) is 12.2. The first-order valence-electron chi connectivity index (χ1n) is 7.67. The fraction of sp³-hybridized carbons (Fsp3) is 0.333. The van der Waals surface area contributed by atoms with E-state index in [9.17, 15) is 4.79 Å². The standard InChI is InChI=1S/C18H20N2O/c21-18(15-7-2-1-3-8-15)14-20-12-5-4-10-17(20)16-9-6-11-19-13-16/h1-3,6-9,11,13,17H,4-5,10,12,14H2/p+1/t17-/m0/s1. The van der Waals surface area contributed by atoms with Crippen molar-refractivity contribution in [2.24, 2.45) is 0 Å². The summed E-state index contributed by atoms with van der Waals surface area (Å²) in [7, 11) is 0. The minimum absolute atomic E-state index is 0.237. The first-order chi connectivity index (χ1) is 10.3. The average molecular weight is 281 g/mol. The quantitative estimate of drug-likeness (QED) is 0.871. The molecule has 2 atom stereocenters. The highest BCUT2D eigenvalue weighted by Gasteiger charge is 2.29. The lowest BCUT2D eigenvalue weighted by Crippen LogP contribution is -3.13. The van der Waals surface area contributed by atoms with Crippen molar-refractivity contribution in [2.75, 3.05) is 13.1 Å². The normalized spacial score (nSPS) is 21.9. The summed E-state index contributed by atoms with van der Waals surface area (Å²) in [5.41, 5.74) is 2.08. The van der Waals surface area contributed by atoms with Crippen LogP contribution >= 0.6 is 0 Å². The number of nitrogens with zero attached hydrogens (tertiary/aromatic N) is 1. The molecule has 3 heteroatoms. The zero-order chi connectivity index (χ0) is 14.5. The topological polar surface area (TPSA) is 34.4 Å². The molecule has 1 N–H and O–H groups in total. The third-order valence-electron chi connectivity index (χ3n) is 4.30. The molecular weight excluding hydrogens is 260 g/mol. The van der Waals surface area contributed by atoms with Crippen molar-refractivity contribution >= 4 is 5.78 Å². The summed E-state index contributed by atoms with van der Waals surface area (Å²) in [6.07, 6.45) is 7.34. The average Bonchev–Trinajstić information content (AvgIpc) is 2.57. The van der Waals surface area contributed by atoms with E-state index in [1.807, 2.05) is 42.6 Å². The van der Waals surface area contributed by atoms with E-state index >= 15 is 0 Å². The third-order valence-corrected chi connectivity index (χ3v) is 4.30. The van der Waals surface area contributed by atoms with Crippen LogP contribution in [-0.4, -0.2) is 23.9 Å². The summed E-state index contributed by atoms with van der Waals surface area (Å²) in [5, 5.41) is 0. The Balaban J connectivity index is 1.75. The van der Waals surface area contributed by atoms with Gasteiger partial charge in [-0.3, -0.25) is 9.78 Å². The van der Waals surface area contributed by atoms with Gasteiger partial charge in [0.15, 0.2) is 0 Å². The highest BCUT2D eigenvalue weighted by atomic mass is 16.1. The number of aromatic nitrogens is 1. The predicted molar refractivity (Wildman–Crippen MR) is 82.3 cm³/mol.